The highest BCUT2D eigenvalue weighted by Crippen LogP contribution is 2.22. The van der Waals surface area contributed by atoms with Crippen LogP contribution in [0.4, 0.5) is 0 Å². The Kier molecular flexibility index (Phi) is 17.4. The van der Waals surface area contributed by atoms with Crippen LogP contribution in [-0.4, -0.2) is 87.5 Å². The lowest BCUT2D eigenvalue weighted by atomic mass is 9.99. The summed E-state index contributed by atoms with van der Waals surface area (Å²) in [6.07, 6.45) is 10.3. The number of allylic oxidation sites excluding steroid dienone is 1. The van der Waals surface area contributed by atoms with Gasteiger partial charge in [-0.25, -0.2) is 0 Å². The van der Waals surface area contributed by atoms with E-state index in [4.69, 9.17) is 9.47 Å². The molecule has 1 rings (SSSR count). The fourth-order valence-corrected chi connectivity index (χ4v) is 4.19. The third kappa shape index (κ3) is 13.2. The zero-order chi connectivity index (χ0) is 26.1. The van der Waals surface area contributed by atoms with Crippen molar-refractivity contribution < 1.29 is 39.8 Å². The van der Waals surface area contributed by atoms with Gasteiger partial charge in [-0.2, -0.15) is 0 Å². The van der Waals surface area contributed by atoms with Gasteiger partial charge in [0.05, 0.1) is 25.4 Å². The number of nitrogens with one attached hydrogen (secondary N) is 1. The van der Waals surface area contributed by atoms with Crippen molar-refractivity contribution in [2.75, 3.05) is 13.2 Å². The van der Waals surface area contributed by atoms with E-state index < -0.39 is 49.5 Å². The van der Waals surface area contributed by atoms with Crippen LogP contribution in [0.3, 0.4) is 0 Å². The number of hydrogen-bond donors (Lipinski definition) is 6. The molecule has 7 atom stereocenters. The smallest absolute Gasteiger partial charge is 0.217 e. The summed E-state index contributed by atoms with van der Waals surface area (Å²) in [5.41, 5.74) is 0. The molecule has 0 spiro atoms. The lowest BCUT2D eigenvalue weighted by Gasteiger charge is -2.40. The molecule has 1 fully saturated rings. The van der Waals surface area contributed by atoms with E-state index in [9.17, 15) is 30.3 Å². The molecule has 1 heterocycles. The third-order valence-electron chi connectivity index (χ3n) is 6.40. The van der Waals surface area contributed by atoms with E-state index in [1.54, 1.807) is 6.08 Å². The van der Waals surface area contributed by atoms with Crippen molar-refractivity contribution in [1.29, 1.82) is 0 Å². The number of hydrogen-bond acceptors (Lipinski definition) is 8. The maximum Gasteiger partial charge on any atom is 0.217 e. The molecule has 0 bridgehead atoms. The Morgan fingerprint density at radius 3 is 2.06 bits per heavy atom. The van der Waals surface area contributed by atoms with E-state index in [0.29, 0.717) is 0 Å². The van der Waals surface area contributed by atoms with Crippen LogP contribution < -0.4 is 5.32 Å². The quantitative estimate of drug-likeness (QED) is 0.116. The molecule has 0 aliphatic carbocycles. The second-order valence-corrected chi connectivity index (χ2v) is 9.58. The summed E-state index contributed by atoms with van der Waals surface area (Å²) < 4.78 is 10.8. The summed E-state index contributed by atoms with van der Waals surface area (Å²) in [4.78, 5) is 11.6. The monoisotopic (exact) mass is 503 g/mol. The molecule has 206 valence electrons. The van der Waals surface area contributed by atoms with E-state index in [1.165, 1.54) is 64.7 Å². The number of unbranched alkanes of at least 4 members (excludes halogenated alkanes) is 11. The summed E-state index contributed by atoms with van der Waals surface area (Å²) in [7, 11) is 0. The normalized spacial score (nSPS) is 26.7. The predicted molar refractivity (Wildman–Crippen MR) is 134 cm³/mol. The number of aliphatic hydroxyl groups is 5. The maximum absolute atomic E-state index is 11.6. The lowest BCUT2D eigenvalue weighted by Crippen LogP contribution is -2.60. The molecule has 0 aromatic heterocycles. The van der Waals surface area contributed by atoms with Gasteiger partial charge in [-0.3, -0.25) is 4.79 Å². The minimum Gasteiger partial charge on any atom is -0.394 e. The minimum absolute atomic E-state index is 0.202. The van der Waals surface area contributed by atoms with Gasteiger partial charge in [0.1, 0.15) is 24.4 Å². The molecule has 35 heavy (non-hydrogen) atoms. The highest BCUT2D eigenvalue weighted by atomic mass is 16.7. The van der Waals surface area contributed by atoms with Crippen LogP contribution in [0.15, 0.2) is 12.2 Å². The molecule has 1 aliphatic heterocycles. The Morgan fingerprint density at radius 1 is 0.943 bits per heavy atom. The molecule has 0 saturated carbocycles. The van der Waals surface area contributed by atoms with Gasteiger partial charge in [-0.15, -0.1) is 0 Å². The van der Waals surface area contributed by atoms with E-state index in [2.05, 4.69) is 12.2 Å². The number of ether oxygens (including phenoxy) is 2. The Labute approximate surface area is 210 Å². The Balaban J connectivity index is 2.31. The molecule has 1 saturated heterocycles. The number of carbonyl (C=O) groups excluding carboxylic acids is 1. The maximum atomic E-state index is 11.6. The summed E-state index contributed by atoms with van der Waals surface area (Å²) in [5.74, 6) is -0.356. The molecule has 1 aliphatic rings. The number of rotatable bonds is 19. The SMILES string of the molecule is CCCCCCCCCCCCC/C=C/[C@@H](O)[C@H](CO[C@@H]1O[C@@H](CO)[C@H](O)[C@H](O)[C@@H]1O)NC(C)=O. The van der Waals surface area contributed by atoms with Crippen molar-refractivity contribution in [3.8, 4) is 0 Å². The zero-order valence-corrected chi connectivity index (χ0v) is 21.6. The van der Waals surface area contributed by atoms with Crippen LogP contribution in [0.1, 0.15) is 90.9 Å². The van der Waals surface area contributed by atoms with E-state index in [1.807, 2.05) is 6.08 Å². The second-order valence-electron chi connectivity index (χ2n) is 9.58. The van der Waals surface area contributed by atoms with E-state index in [-0.39, 0.29) is 12.5 Å². The average molecular weight is 504 g/mol. The summed E-state index contributed by atoms with van der Waals surface area (Å²) in [6, 6.07) is -0.798. The largest absolute Gasteiger partial charge is 0.394 e. The Hall–Kier alpha value is -1.07. The molecule has 9 heteroatoms. The Bertz CT molecular complexity index is 574. The first kappa shape index (κ1) is 32.0. The topological polar surface area (TPSA) is 149 Å². The average Bonchev–Trinajstić information content (AvgIpc) is 2.83. The van der Waals surface area contributed by atoms with Crippen molar-refractivity contribution in [3.63, 3.8) is 0 Å². The van der Waals surface area contributed by atoms with Crippen molar-refractivity contribution >= 4 is 5.91 Å². The van der Waals surface area contributed by atoms with Crippen LogP contribution >= 0.6 is 0 Å². The van der Waals surface area contributed by atoms with Gasteiger partial charge in [-0.05, 0) is 12.8 Å². The predicted octanol–water partition coefficient (Wildman–Crippen LogP) is 1.93. The number of amides is 1. The molecule has 9 nitrogen and oxygen atoms in total. The third-order valence-corrected chi connectivity index (χ3v) is 6.40. The second kappa shape index (κ2) is 19.1. The van der Waals surface area contributed by atoms with Crippen molar-refractivity contribution in [2.45, 2.75) is 134 Å². The van der Waals surface area contributed by atoms with Crippen LogP contribution in [0.5, 0.6) is 0 Å². The highest BCUT2D eigenvalue weighted by molar-refractivity contribution is 5.73. The fraction of sp³-hybridized carbons (Fsp3) is 0.885. The number of carbonyl (C=O) groups is 1. The van der Waals surface area contributed by atoms with Crippen LogP contribution in [0, 0.1) is 0 Å². The highest BCUT2D eigenvalue weighted by Gasteiger charge is 2.44. The summed E-state index contributed by atoms with van der Waals surface area (Å²) in [6.45, 7) is 2.79. The van der Waals surface area contributed by atoms with E-state index in [0.717, 1.165) is 19.3 Å². The molecular weight excluding hydrogens is 454 g/mol. The van der Waals surface area contributed by atoms with Gasteiger partial charge in [0.25, 0.3) is 0 Å². The Morgan fingerprint density at radius 2 is 1.51 bits per heavy atom. The molecule has 1 amide bonds. The van der Waals surface area contributed by atoms with Crippen molar-refractivity contribution in [2.24, 2.45) is 0 Å². The van der Waals surface area contributed by atoms with E-state index >= 15 is 0 Å². The minimum atomic E-state index is -1.55. The van der Waals surface area contributed by atoms with Gasteiger partial charge in [0, 0.05) is 6.92 Å². The van der Waals surface area contributed by atoms with Crippen LogP contribution in [-0.2, 0) is 14.3 Å². The van der Waals surface area contributed by atoms with Crippen LogP contribution in [0.25, 0.3) is 0 Å². The summed E-state index contributed by atoms with van der Waals surface area (Å²) in [5, 5.41) is 52.2. The first-order valence-corrected chi connectivity index (χ1v) is 13.4. The molecule has 0 aromatic rings. The van der Waals surface area contributed by atoms with Crippen molar-refractivity contribution in [3.05, 3.63) is 12.2 Å². The van der Waals surface area contributed by atoms with Gasteiger partial charge in [0.15, 0.2) is 6.29 Å². The first-order valence-electron chi connectivity index (χ1n) is 13.4. The van der Waals surface area contributed by atoms with Gasteiger partial charge in [-0.1, -0.05) is 83.3 Å². The molecule has 0 radical (unpaired) electrons. The lowest BCUT2D eigenvalue weighted by molar-refractivity contribution is -0.302. The molecule has 0 unspecified atom stereocenters. The fourth-order valence-electron chi connectivity index (χ4n) is 4.19. The van der Waals surface area contributed by atoms with Gasteiger partial charge < -0.3 is 40.3 Å². The zero-order valence-electron chi connectivity index (χ0n) is 21.6. The van der Waals surface area contributed by atoms with Gasteiger partial charge in [0.2, 0.25) is 5.91 Å². The molecule has 0 aromatic carbocycles. The molecule has 6 N–H and O–H groups in total. The van der Waals surface area contributed by atoms with Crippen LogP contribution in [0.2, 0.25) is 0 Å². The first-order chi connectivity index (χ1) is 16.8. The molecular formula is C26H49NO8. The van der Waals surface area contributed by atoms with Gasteiger partial charge >= 0.3 is 0 Å². The standard InChI is InChI=1S/C26H49NO8/c1-3-4-5-6-7-8-9-10-11-12-13-14-15-16-21(30)20(27-19(2)29)18-34-26-25(33)24(32)23(31)22(17-28)35-26/h15-16,20-26,28,30-33H,3-14,17-18H2,1-2H3,(H,27,29)/b16-15+/t20-,21+,22-,23-,24-,25-,26+/m0/s1. The van der Waals surface area contributed by atoms with Crippen molar-refractivity contribution in [1.82, 2.24) is 5.32 Å². The summed E-state index contributed by atoms with van der Waals surface area (Å²) >= 11 is 0. The number of aliphatic hydroxyl groups excluding tert-OH is 5.